The van der Waals surface area contributed by atoms with Crippen LogP contribution in [0.25, 0.3) is 11.5 Å². The monoisotopic (exact) mass is 371 g/mol. The van der Waals surface area contributed by atoms with Crippen molar-refractivity contribution in [1.29, 1.82) is 0 Å². The SMILES string of the molecule is Cc1oc(-c2ccccc2)nc1CC(=O)NC1CCNCC1.Cl.Cl. The number of carbonyl (C=O) groups excluding carboxylic acids is 1. The number of amides is 1. The Morgan fingerprint density at radius 2 is 1.92 bits per heavy atom. The van der Waals surface area contributed by atoms with Crippen molar-refractivity contribution in [3.63, 3.8) is 0 Å². The van der Waals surface area contributed by atoms with Gasteiger partial charge in [-0.15, -0.1) is 24.8 Å². The van der Waals surface area contributed by atoms with Gasteiger partial charge >= 0.3 is 0 Å². The topological polar surface area (TPSA) is 67.2 Å². The van der Waals surface area contributed by atoms with E-state index in [2.05, 4.69) is 15.6 Å². The van der Waals surface area contributed by atoms with Crippen molar-refractivity contribution in [3.05, 3.63) is 41.8 Å². The highest BCUT2D eigenvalue weighted by molar-refractivity contribution is 5.85. The van der Waals surface area contributed by atoms with Crippen molar-refractivity contribution in [2.24, 2.45) is 0 Å². The van der Waals surface area contributed by atoms with Gasteiger partial charge < -0.3 is 15.1 Å². The summed E-state index contributed by atoms with van der Waals surface area (Å²) in [7, 11) is 0. The summed E-state index contributed by atoms with van der Waals surface area (Å²) in [6, 6.07) is 10.0. The van der Waals surface area contributed by atoms with Gasteiger partial charge in [-0.1, -0.05) is 18.2 Å². The first kappa shape index (κ1) is 20.5. The number of aromatic nitrogens is 1. The lowest BCUT2D eigenvalue weighted by atomic mass is 10.1. The highest BCUT2D eigenvalue weighted by Crippen LogP contribution is 2.21. The van der Waals surface area contributed by atoms with Crippen molar-refractivity contribution in [3.8, 4) is 11.5 Å². The fourth-order valence-corrected chi connectivity index (χ4v) is 2.69. The number of benzene rings is 1. The molecule has 0 radical (unpaired) electrons. The Labute approximate surface area is 154 Å². The van der Waals surface area contributed by atoms with Crippen LogP contribution in [0.2, 0.25) is 0 Å². The van der Waals surface area contributed by atoms with E-state index >= 15 is 0 Å². The van der Waals surface area contributed by atoms with Crippen molar-refractivity contribution in [1.82, 2.24) is 15.6 Å². The Morgan fingerprint density at radius 1 is 1.25 bits per heavy atom. The van der Waals surface area contributed by atoms with E-state index in [9.17, 15) is 4.79 Å². The number of hydrogen-bond acceptors (Lipinski definition) is 4. The summed E-state index contributed by atoms with van der Waals surface area (Å²) in [5.74, 6) is 1.30. The van der Waals surface area contributed by atoms with Gasteiger partial charge in [-0.25, -0.2) is 4.98 Å². The Kier molecular flexibility index (Phi) is 8.25. The zero-order valence-corrected chi connectivity index (χ0v) is 15.2. The van der Waals surface area contributed by atoms with Crippen LogP contribution in [0.1, 0.15) is 24.3 Å². The van der Waals surface area contributed by atoms with Crippen molar-refractivity contribution in [2.75, 3.05) is 13.1 Å². The predicted molar refractivity (Wildman–Crippen MR) is 98.9 cm³/mol. The average molecular weight is 372 g/mol. The van der Waals surface area contributed by atoms with E-state index in [1.54, 1.807) is 0 Å². The van der Waals surface area contributed by atoms with Gasteiger partial charge in [-0.05, 0) is 45.0 Å². The predicted octanol–water partition coefficient (Wildman–Crippen LogP) is 2.90. The maximum Gasteiger partial charge on any atom is 0.226 e. The molecule has 5 nitrogen and oxygen atoms in total. The van der Waals surface area contributed by atoms with E-state index in [-0.39, 0.29) is 43.2 Å². The fourth-order valence-electron chi connectivity index (χ4n) is 2.69. The normalized spacial score (nSPS) is 14.4. The highest BCUT2D eigenvalue weighted by atomic mass is 35.5. The molecule has 1 aliphatic rings. The van der Waals surface area contributed by atoms with Crippen LogP contribution in [0.3, 0.4) is 0 Å². The number of nitrogens with one attached hydrogen (secondary N) is 2. The Balaban J connectivity index is 0.00000144. The summed E-state index contributed by atoms with van der Waals surface area (Å²) in [5.41, 5.74) is 1.64. The zero-order chi connectivity index (χ0) is 15.4. The van der Waals surface area contributed by atoms with E-state index in [1.807, 2.05) is 37.3 Å². The zero-order valence-electron chi connectivity index (χ0n) is 13.6. The number of aryl methyl sites for hydroxylation is 1. The standard InChI is InChI=1S/C17H21N3O2.2ClH/c1-12-15(11-16(21)19-14-7-9-18-10-8-14)20-17(22-12)13-5-3-2-4-6-13;;/h2-6,14,18H,7-11H2,1H3,(H,19,21);2*1H. The van der Waals surface area contributed by atoms with E-state index in [0.29, 0.717) is 17.3 Å². The molecule has 1 fully saturated rings. The Hall–Kier alpha value is -1.56. The number of oxazole rings is 1. The summed E-state index contributed by atoms with van der Waals surface area (Å²) >= 11 is 0. The minimum absolute atomic E-state index is 0. The summed E-state index contributed by atoms with van der Waals surface area (Å²) in [6.07, 6.45) is 2.24. The molecular weight excluding hydrogens is 349 g/mol. The summed E-state index contributed by atoms with van der Waals surface area (Å²) in [6.45, 7) is 3.78. The van der Waals surface area contributed by atoms with Crippen LogP contribution in [-0.2, 0) is 11.2 Å². The fraction of sp³-hybridized carbons (Fsp3) is 0.412. The molecule has 132 valence electrons. The van der Waals surface area contributed by atoms with Gasteiger partial charge in [0.25, 0.3) is 0 Å². The lowest BCUT2D eigenvalue weighted by Gasteiger charge is -2.23. The minimum Gasteiger partial charge on any atom is -0.441 e. The van der Waals surface area contributed by atoms with Gasteiger partial charge in [-0.2, -0.15) is 0 Å². The van der Waals surface area contributed by atoms with Crippen LogP contribution in [0.15, 0.2) is 34.7 Å². The first-order valence-electron chi connectivity index (χ1n) is 7.74. The average Bonchev–Trinajstić information content (AvgIpc) is 2.90. The molecule has 0 bridgehead atoms. The third-order valence-electron chi connectivity index (χ3n) is 3.95. The maximum atomic E-state index is 12.2. The van der Waals surface area contributed by atoms with E-state index in [4.69, 9.17) is 4.42 Å². The molecule has 3 rings (SSSR count). The molecule has 0 spiro atoms. The number of rotatable bonds is 4. The first-order chi connectivity index (χ1) is 10.7. The Morgan fingerprint density at radius 3 is 2.58 bits per heavy atom. The molecule has 1 saturated heterocycles. The van der Waals surface area contributed by atoms with Crippen molar-refractivity contribution >= 4 is 30.7 Å². The molecule has 7 heteroatoms. The molecular formula is C17H23Cl2N3O2. The third kappa shape index (κ3) is 5.23. The molecule has 0 atom stereocenters. The van der Waals surface area contributed by atoms with Gasteiger partial charge in [0.2, 0.25) is 11.8 Å². The molecule has 1 aromatic carbocycles. The second kappa shape index (κ2) is 9.67. The van der Waals surface area contributed by atoms with Gasteiger partial charge in [0.1, 0.15) is 5.76 Å². The van der Waals surface area contributed by atoms with Crippen LogP contribution < -0.4 is 10.6 Å². The molecule has 24 heavy (non-hydrogen) atoms. The van der Waals surface area contributed by atoms with Crippen LogP contribution in [0.5, 0.6) is 0 Å². The minimum atomic E-state index is 0. The van der Waals surface area contributed by atoms with Crippen LogP contribution in [-0.4, -0.2) is 30.0 Å². The molecule has 1 aromatic heterocycles. The molecule has 2 N–H and O–H groups in total. The molecule has 2 aromatic rings. The number of nitrogens with zero attached hydrogens (tertiary/aromatic N) is 1. The van der Waals surface area contributed by atoms with Gasteiger partial charge in [-0.3, -0.25) is 4.79 Å². The quantitative estimate of drug-likeness (QED) is 0.866. The second-order valence-electron chi connectivity index (χ2n) is 5.66. The van der Waals surface area contributed by atoms with Gasteiger partial charge in [0, 0.05) is 11.6 Å². The molecule has 1 amide bonds. The summed E-state index contributed by atoms with van der Waals surface area (Å²) in [4.78, 5) is 16.6. The van der Waals surface area contributed by atoms with Crippen molar-refractivity contribution in [2.45, 2.75) is 32.2 Å². The van der Waals surface area contributed by atoms with E-state index < -0.39 is 0 Å². The van der Waals surface area contributed by atoms with Crippen molar-refractivity contribution < 1.29 is 9.21 Å². The number of halogens is 2. The third-order valence-corrected chi connectivity index (χ3v) is 3.95. The first-order valence-corrected chi connectivity index (χ1v) is 7.74. The van der Waals surface area contributed by atoms with Crippen LogP contribution in [0.4, 0.5) is 0 Å². The molecule has 0 unspecified atom stereocenters. The largest absolute Gasteiger partial charge is 0.441 e. The molecule has 2 heterocycles. The highest BCUT2D eigenvalue weighted by Gasteiger charge is 2.18. The van der Waals surface area contributed by atoms with Crippen LogP contribution >= 0.6 is 24.8 Å². The van der Waals surface area contributed by atoms with E-state index in [0.717, 1.165) is 31.5 Å². The number of piperidine rings is 1. The molecule has 0 saturated carbocycles. The lowest BCUT2D eigenvalue weighted by molar-refractivity contribution is -0.121. The lowest BCUT2D eigenvalue weighted by Crippen LogP contribution is -2.43. The Bertz CT molecular complexity index is 641. The number of carbonyl (C=O) groups is 1. The summed E-state index contributed by atoms with van der Waals surface area (Å²) in [5, 5.41) is 6.37. The van der Waals surface area contributed by atoms with Gasteiger partial charge in [0.15, 0.2) is 0 Å². The summed E-state index contributed by atoms with van der Waals surface area (Å²) < 4.78 is 5.69. The second-order valence-corrected chi connectivity index (χ2v) is 5.66. The molecule has 0 aliphatic carbocycles. The maximum absolute atomic E-state index is 12.2. The smallest absolute Gasteiger partial charge is 0.226 e. The molecule has 1 aliphatic heterocycles. The number of hydrogen-bond donors (Lipinski definition) is 2. The van der Waals surface area contributed by atoms with Gasteiger partial charge in [0.05, 0.1) is 12.1 Å². The van der Waals surface area contributed by atoms with Crippen LogP contribution in [0, 0.1) is 6.92 Å². The van der Waals surface area contributed by atoms with E-state index in [1.165, 1.54) is 0 Å².